The second kappa shape index (κ2) is 9.20. The van der Waals surface area contributed by atoms with Crippen molar-refractivity contribution in [3.8, 4) is 0 Å². The van der Waals surface area contributed by atoms with Gasteiger partial charge in [-0.2, -0.15) is 0 Å². The molecule has 2 nitrogen and oxygen atoms in total. The van der Waals surface area contributed by atoms with Crippen molar-refractivity contribution in [3.05, 3.63) is 12.8 Å². The summed E-state index contributed by atoms with van der Waals surface area (Å²) in [7, 11) is 0. The standard InChI is InChI=1S/C4H3NO.Zn/c1-2-5-3-4-6;/h1-2,4H;/q-2;+2. The molecule has 0 amide bonds. The first-order valence-electron chi connectivity index (χ1n) is 1.34. The minimum atomic E-state index is 0. The van der Waals surface area contributed by atoms with E-state index in [0.717, 1.165) is 6.20 Å². The zero-order chi connectivity index (χ0) is 4.83. The molecule has 0 aliphatic heterocycles. The van der Waals surface area contributed by atoms with Crippen LogP contribution in [-0.4, -0.2) is 12.5 Å². The number of carbonyl (C=O) groups excluding carboxylic acids is 1. The predicted octanol–water partition coefficient (Wildman–Crippen LogP) is 0.0773. The Morgan fingerprint density at radius 2 is 2.29 bits per heavy atom. The van der Waals surface area contributed by atoms with Gasteiger partial charge in [0.1, 0.15) is 0 Å². The minimum absolute atomic E-state index is 0. The number of carbonyl (C=O) groups is 1. The molecule has 0 radical (unpaired) electrons. The quantitative estimate of drug-likeness (QED) is 0.235. The molecule has 0 aromatic heterocycles. The van der Waals surface area contributed by atoms with Crippen molar-refractivity contribution in [3.63, 3.8) is 0 Å². The van der Waals surface area contributed by atoms with E-state index >= 15 is 0 Å². The van der Waals surface area contributed by atoms with Crippen molar-refractivity contribution in [2.75, 3.05) is 0 Å². The van der Waals surface area contributed by atoms with Crippen LogP contribution in [0.3, 0.4) is 0 Å². The Labute approximate surface area is 55.1 Å². The van der Waals surface area contributed by atoms with E-state index in [4.69, 9.17) is 6.58 Å². The van der Waals surface area contributed by atoms with Crippen LogP contribution in [-0.2, 0) is 24.3 Å². The molecule has 0 fully saturated rings. The predicted molar refractivity (Wildman–Crippen MR) is 22.4 cm³/mol. The summed E-state index contributed by atoms with van der Waals surface area (Å²) in [5, 5.41) is 0. The van der Waals surface area contributed by atoms with Gasteiger partial charge < -0.3 is 22.6 Å². The van der Waals surface area contributed by atoms with Gasteiger partial charge in [0, 0.05) is 0 Å². The van der Waals surface area contributed by atoms with Gasteiger partial charge in [-0.1, -0.05) is 0 Å². The second-order valence-electron chi connectivity index (χ2n) is 0.525. The van der Waals surface area contributed by atoms with Crippen LogP contribution < -0.4 is 0 Å². The Bertz CT molecular complexity index is 69.8. The SMILES string of the molecule is [CH-]=CN=[C-]C=O.[Zn+2]. The summed E-state index contributed by atoms with van der Waals surface area (Å²) in [4.78, 5) is 12.4. The van der Waals surface area contributed by atoms with E-state index in [-0.39, 0.29) is 19.5 Å². The molecular weight excluding hydrogens is 143 g/mol. The molecule has 0 N–H and O–H groups in total. The number of nitrogens with zero attached hydrogens (tertiary/aromatic N) is 1. The van der Waals surface area contributed by atoms with E-state index in [1.807, 2.05) is 6.21 Å². The molecule has 0 aromatic carbocycles. The zero-order valence-electron chi connectivity index (χ0n) is 3.79. The fourth-order valence-corrected chi connectivity index (χ4v) is 0.0735. The van der Waals surface area contributed by atoms with Crippen molar-refractivity contribution in [2.24, 2.45) is 4.99 Å². The molecule has 0 aliphatic carbocycles. The Kier molecular flexibility index (Phi) is 13.0. The monoisotopic (exact) mass is 145 g/mol. The maximum atomic E-state index is 9.28. The fourth-order valence-electron chi connectivity index (χ4n) is 0.0735. The normalized spacial score (nSPS) is 7.43. The van der Waals surface area contributed by atoms with Crippen molar-refractivity contribution in [1.82, 2.24) is 0 Å². The number of rotatable bonds is 2. The van der Waals surface area contributed by atoms with Crippen LogP contribution in [0.15, 0.2) is 11.2 Å². The smallest absolute Gasteiger partial charge is 0.601 e. The molecule has 0 heterocycles. The van der Waals surface area contributed by atoms with Gasteiger partial charge in [0.15, 0.2) is 0 Å². The number of aldehydes is 1. The summed E-state index contributed by atoms with van der Waals surface area (Å²) in [5.41, 5.74) is 0. The van der Waals surface area contributed by atoms with E-state index in [2.05, 4.69) is 4.99 Å². The molecule has 0 bridgehead atoms. The molecule has 0 atom stereocenters. The Hall–Kier alpha value is -0.297. The van der Waals surface area contributed by atoms with E-state index in [1.54, 1.807) is 0 Å². The first kappa shape index (κ1) is 9.86. The van der Waals surface area contributed by atoms with Crippen LogP contribution in [0.25, 0.3) is 0 Å². The summed E-state index contributed by atoms with van der Waals surface area (Å²) in [6.45, 7) is 4.70. The van der Waals surface area contributed by atoms with Gasteiger partial charge in [-0.05, 0) is 0 Å². The average Bonchev–Trinajstić information content (AvgIpc) is 1.61. The van der Waals surface area contributed by atoms with Crippen molar-refractivity contribution >= 4 is 12.5 Å². The fraction of sp³-hybridized carbons (Fsp3) is 0. The second-order valence-corrected chi connectivity index (χ2v) is 0.525. The van der Waals surface area contributed by atoms with Crippen LogP contribution >= 0.6 is 0 Å². The van der Waals surface area contributed by atoms with Gasteiger partial charge in [-0.25, -0.2) is 0 Å². The van der Waals surface area contributed by atoms with E-state index in [0.29, 0.717) is 6.29 Å². The van der Waals surface area contributed by atoms with Gasteiger partial charge in [0.05, 0.1) is 6.29 Å². The number of hydrogen-bond donors (Lipinski definition) is 0. The molecule has 0 unspecified atom stereocenters. The summed E-state index contributed by atoms with van der Waals surface area (Å²) < 4.78 is 0. The molecular formula is C4H3NOZn. The Balaban J connectivity index is 0. The maximum absolute atomic E-state index is 9.28. The average molecular weight is 146 g/mol. The molecule has 7 heavy (non-hydrogen) atoms. The van der Waals surface area contributed by atoms with Crippen LogP contribution in [0.1, 0.15) is 0 Å². The van der Waals surface area contributed by atoms with Crippen molar-refractivity contribution < 1.29 is 24.3 Å². The van der Waals surface area contributed by atoms with Crippen LogP contribution in [0.4, 0.5) is 0 Å². The first-order chi connectivity index (χ1) is 2.91. The topological polar surface area (TPSA) is 29.4 Å². The zero-order valence-corrected chi connectivity index (χ0v) is 6.76. The van der Waals surface area contributed by atoms with Gasteiger partial charge in [-0.15, -0.1) is 6.21 Å². The van der Waals surface area contributed by atoms with Crippen LogP contribution in [0.2, 0.25) is 0 Å². The van der Waals surface area contributed by atoms with E-state index in [1.165, 1.54) is 0 Å². The van der Waals surface area contributed by atoms with Crippen molar-refractivity contribution in [1.29, 1.82) is 0 Å². The summed E-state index contributed by atoms with van der Waals surface area (Å²) in [6.07, 6.45) is 3.39. The van der Waals surface area contributed by atoms with Gasteiger partial charge >= 0.3 is 19.5 Å². The molecule has 0 aliphatic rings. The first-order valence-corrected chi connectivity index (χ1v) is 1.34. The third-order valence-electron chi connectivity index (χ3n) is 0.202. The molecule has 0 aromatic rings. The van der Waals surface area contributed by atoms with Crippen LogP contribution in [0, 0.1) is 6.58 Å². The molecule has 0 saturated heterocycles. The Morgan fingerprint density at radius 3 is 2.43 bits per heavy atom. The van der Waals surface area contributed by atoms with Crippen LogP contribution in [0.5, 0.6) is 0 Å². The van der Waals surface area contributed by atoms with Gasteiger partial charge in [0.25, 0.3) is 0 Å². The molecule has 32 valence electrons. The summed E-state index contributed by atoms with van der Waals surface area (Å²) in [5.74, 6) is 0. The third-order valence-corrected chi connectivity index (χ3v) is 0.202. The van der Waals surface area contributed by atoms with E-state index < -0.39 is 0 Å². The number of hydrogen-bond acceptors (Lipinski definition) is 2. The van der Waals surface area contributed by atoms with Gasteiger partial charge in [-0.3, -0.25) is 0 Å². The third kappa shape index (κ3) is 10.7. The molecule has 0 spiro atoms. The van der Waals surface area contributed by atoms with Gasteiger partial charge in [0.2, 0.25) is 0 Å². The molecule has 0 rings (SSSR count). The largest absolute Gasteiger partial charge is 2.00 e. The Morgan fingerprint density at radius 1 is 1.71 bits per heavy atom. The van der Waals surface area contributed by atoms with E-state index in [9.17, 15) is 4.79 Å². The number of aliphatic imine (C=N–C) groups is 1. The molecule has 3 heteroatoms. The maximum Gasteiger partial charge on any atom is 2.00 e. The molecule has 0 saturated carbocycles. The summed E-state index contributed by atoms with van der Waals surface area (Å²) in [6, 6.07) is 0. The minimum Gasteiger partial charge on any atom is -0.601 e. The summed E-state index contributed by atoms with van der Waals surface area (Å²) >= 11 is 0. The van der Waals surface area contributed by atoms with Crippen molar-refractivity contribution in [2.45, 2.75) is 0 Å².